The summed E-state index contributed by atoms with van der Waals surface area (Å²) in [6.07, 6.45) is -2.46. The molecular formula is C14H15ClF3NO2. The molecule has 1 fully saturated rings. The molecule has 116 valence electrons. The summed E-state index contributed by atoms with van der Waals surface area (Å²) in [5.41, 5.74) is 0.221. The number of carboxylic acid groups (broad SMARTS) is 1. The van der Waals surface area contributed by atoms with E-state index in [4.69, 9.17) is 16.7 Å². The molecule has 0 amide bonds. The Morgan fingerprint density at radius 2 is 1.95 bits per heavy atom. The maximum Gasteiger partial charge on any atom is 0.393 e. The van der Waals surface area contributed by atoms with Crippen LogP contribution in [0.3, 0.4) is 0 Å². The standard InChI is InChI=1S/C14H15ClF3NO2/c15-11-6-5-8(7-9(11)13(20)21)19-12-4-2-1-3-10(12)14(16,17)18/h5-7,10,12,19H,1-4H2,(H,20,21). The van der Waals surface area contributed by atoms with E-state index in [0.717, 1.165) is 6.42 Å². The van der Waals surface area contributed by atoms with Crippen molar-refractivity contribution in [3.05, 3.63) is 28.8 Å². The van der Waals surface area contributed by atoms with Gasteiger partial charge in [-0.2, -0.15) is 13.2 Å². The lowest BCUT2D eigenvalue weighted by Gasteiger charge is -2.34. The highest BCUT2D eigenvalue weighted by Gasteiger charge is 2.45. The number of anilines is 1. The molecule has 1 aliphatic rings. The van der Waals surface area contributed by atoms with Crippen LogP contribution >= 0.6 is 11.6 Å². The van der Waals surface area contributed by atoms with E-state index in [1.807, 2.05) is 0 Å². The molecule has 0 bridgehead atoms. The van der Waals surface area contributed by atoms with Crippen molar-refractivity contribution in [1.82, 2.24) is 0 Å². The minimum absolute atomic E-state index is 0.0593. The van der Waals surface area contributed by atoms with Gasteiger partial charge >= 0.3 is 12.1 Å². The van der Waals surface area contributed by atoms with E-state index in [-0.39, 0.29) is 17.0 Å². The largest absolute Gasteiger partial charge is 0.478 e. The fourth-order valence-corrected chi connectivity index (χ4v) is 2.89. The molecule has 21 heavy (non-hydrogen) atoms. The van der Waals surface area contributed by atoms with Crippen LogP contribution < -0.4 is 5.32 Å². The average molecular weight is 322 g/mol. The Morgan fingerprint density at radius 3 is 2.57 bits per heavy atom. The molecule has 0 heterocycles. The SMILES string of the molecule is O=C(O)c1cc(NC2CCCCC2C(F)(F)F)ccc1Cl. The van der Waals surface area contributed by atoms with Crippen LogP contribution in [0.4, 0.5) is 18.9 Å². The van der Waals surface area contributed by atoms with E-state index >= 15 is 0 Å². The third-order valence-electron chi connectivity index (χ3n) is 3.74. The predicted octanol–water partition coefficient (Wildman–Crippen LogP) is 4.57. The second-order valence-corrected chi connectivity index (χ2v) is 5.59. The van der Waals surface area contributed by atoms with E-state index < -0.39 is 24.1 Å². The summed E-state index contributed by atoms with van der Waals surface area (Å²) in [6.45, 7) is 0. The van der Waals surface area contributed by atoms with Gasteiger partial charge in [0.25, 0.3) is 0 Å². The van der Waals surface area contributed by atoms with Crippen molar-refractivity contribution in [2.45, 2.75) is 37.9 Å². The van der Waals surface area contributed by atoms with Gasteiger partial charge in [0.1, 0.15) is 0 Å². The first-order valence-electron chi connectivity index (χ1n) is 6.65. The smallest absolute Gasteiger partial charge is 0.393 e. The molecule has 2 rings (SSSR count). The van der Waals surface area contributed by atoms with Crippen LogP contribution in [0.1, 0.15) is 36.0 Å². The summed E-state index contributed by atoms with van der Waals surface area (Å²) in [7, 11) is 0. The Morgan fingerprint density at radius 1 is 1.29 bits per heavy atom. The Kier molecular flexibility index (Phi) is 4.66. The lowest BCUT2D eigenvalue weighted by Crippen LogP contribution is -2.41. The number of carboxylic acids is 1. The van der Waals surface area contributed by atoms with Gasteiger partial charge in [-0.05, 0) is 31.0 Å². The van der Waals surface area contributed by atoms with Gasteiger partial charge < -0.3 is 10.4 Å². The van der Waals surface area contributed by atoms with Crippen LogP contribution in [0.15, 0.2) is 18.2 Å². The molecule has 3 nitrogen and oxygen atoms in total. The second kappa shape index (κ2) is 6.13. The van der Waals surface area contributed by atoms with Crippen LogP contribution in [0.5, 0.6) is 0 Å². The van der Waals surface area contributed by atoms with Gasteiger partial charge in [0.2, 0.25) is 0 Å². The van der Waals surface area contributed by atoms with E-state index in [0.29, 0.717) is 18.5 Å². The molecule has 0 aliphatic heterocycles. The fourth-order valence-electron chi connectivity index (χ4n) is 2.69. The maximum atomic E-state index is 13.0. The summed E-state index contributed by atoms with van der Waals surface area (Å²) in [4.78, 5) is 11.0. The molecule has 0 aromatic heterocycles. The average Bonchev–Trinajstić information content (AvgIpc) is 2.40. The lowest BCUT2D eigenvalue weighted by molar-refractivity contribution is -0.184. The Bertz CT molecular complexity index is 533. The molecule has 1 aliphatic carbocycles. The van der Waals surface area contributed by atoms with Gasteiger partial charge in [0, 0.05) is 11.7 Å². The highest BCUT2D eigenvalue weighted by molar-refractivity contribution is 6.33. The zero-order valence-corrected chi connectivity index (χ0v) is 11.8. The molecule has 7 heteroatoms. The highest BCUT2D eigenvalue weighted by Crippen LogP contribution is 2.39. The van der Waals surface area contributed by atoms with Gasteiger partial charge in [0.15, 0.2) is 0 Å². The topological polar surface area (TPSA) is 49.3 Å². The highest BCUT2D eigenvalue weighted by atomic mass is 35.5. The number of carbonyl (C=O) groups is 1. The molecule has 0 spiro atoms. The Hall–Kier alpha value is -1.43. The first-order chi connectivity index (χ1) is 9.79. The van der Waals surface area contributed by atoms with Crippen molar-refractivity contribution in [1.29, 1.82) is 0 Å². The van der Waals surface area contributed by atoms with Crippen LogP contribution in [0, 0.1) is 5.92 Å². The third kappa shape index (κ3) is 3.81. The summed E-state index contributed by atoms with van der Waals surface area (Å²) in [5.74, 6) is -2.62. The monoisotopic (exact) mass is 321 g/mol. The number of hydrogen-bond donors (Lipinski definition) is 2. The van der Waals surface area contributed by atoms with Crippen LogP contribution in [0.2, 0.25) is 5.02 Å². The van der Waals surface area contributed by atoms with E-state index in [1.54, 1.807) is 0 Å². The number of aromatic carboxylic acids is 1. The number of halogens is 4. The number of alkyl halides is 3. The second-order valence-electron chi connectivity index (χ2n) is 5.18. The molecule has 0 saturated heterocycles. The third-order valence-corrected chi connectivity index (χ3v) is 4.06. The summed E-state index contributed by atoms with van der Waals surface area (Å²) < 4.78 is 39.0. The van der Waals surface area contributed by atoms with Crippen molar-refractivity contribution in [2.24, 2.45) is 5.92 Å². The van der Waals surface area contributed by atoms with Gasteiger partial charge in [0.05, 0.1) is 16.5 Å². The van der Waals surface area contributed by atoms with Crippen molar-refractivity contribution < 1.29 is 23.1 Å². The minimum Gasteiger partial charge on any atom is -0.478 e. The lowest BCUT2D eigenvalue weighted by atomic mass is 9.84. The van der Waals surface area contributed by atoms with Crippen molar-refractivity contribution >= 4 is 23.3 Å². The van der Waals surface area contributed by atoms with Gasteiger partial charge in [-0.1, -0.05) is 24.4 Å². The first-order valence-corrected chi connectivity index (χ1v) is 7.03. The van der Waals surface area contributed by atoms with E-state index in [1.165, 1.54) is 18.2 Å². The minimum atomic E-state index is -4.25. The molecule has 2 atom stereocenters. The first kappa shape index (κ1) is 15.9. The van der Waals surface area contributed by atoms with Crippen LogP contribution in [0.25, 0.3) is 0 Å². The Balaban J connectivity index is 2.20. The number of benzene rings is 1. The zero-order chi connectivity index (χ0) is 15.6. The molecular weight excluding hydrogens is 307 g/mol. The zero-order valence-electron chi connectivity index (χ0n) is 11.1. The molecule has 1 aromatic rings. The van der Waals surface area contributed by atoms with Crippen molar-refractivity contribution in [3.8, 4) is 0 Å². The molecule has 2 N–H and O–H groups in total. The fraction of sp³-hybridized carbons (Fsp3) is 0.500. The quantitative estimate of drug-likeness (QED) is 0.857. The maximum absolute atomic E-state index is 13.0. The number of rotatable bonds is 3. The van der Waals surface area contributed by atoms with Gasteiger partial charge in [-0.3, -0.25) is 0 Å². The van der Waals surface area contributed by atoms with Gasteiger partial charge in [-0.25, -0.2) is 4.79 Å². The van der Waals surface area contributed by atoms with E-state index in [9.17, 15) is 18.0 Å². The predicted molar refractivity (Wildman–Crippen MR) is 73.8 cm³/mol. The molecule has 0 radical (unpaired) electrons. The van der Waals surface area contributed by atoms with Crippen molar-refractivity contribution in [2.75, 3.05) is 5.32 Å². The Labute approximate surface area is 125 Å². The van der Waals surface area contributed by atoms with Gasteiger partial charge in [-0.15, -0.1) is 0 Å². The van der Waals surface area contributed by atoms with E-state index in [2.05, 4.69) is 5.32 Å². The van der Waals surface area contributed by atoms with Crippen LogP contribution in [-0.4, -0.2) is 23.3 Å². The summed E-state index contributed by atoms with van der Waals surface area (Å²) >= 11 is 5.75. The molecule has 2 unspecified atom stereocenters. The van der Waals surface area contributed by atoms with Crippen LogP contribution in [-0.2, 0) is 0 Å². The van der Waals surface area contributed by atoms with Crippen molar-refractivity contribution in [3.63, 3.8) is 0 Å². The summed E-state index contributed by atoms with van der Waals surface area (Å²) in [6, 6.07) is 3.41. The number of nitrogens with one attached hydrogen (secondary N) is 1. The normalized spacial score (nSPS) is 22.9. The summed E-state index contributed by atoms with van der Waals surface area (Å²) in [5, 5.41) is 11.9. The molecule has 1 saturated carbocycles. The number of hydrogen-bond acceptors (Lipinski definition) is 2. The molecule has 1 aromatic carbocycles.